The Bertz CT molecular complexity index is 339. The predicted octanol–water partition coefficient (Wildman–Crippen LogP) is -1.17. The molecule has 0 aromatic carbocycles. The van der Waals surface area contributed by atoms with Crippen LogP contribution in [-0.2, 0) is 23.1 Å². The number of imidazole rings is 1. The van der Waals surface area contributed by atoms with Crippen LogP contribution in [0.15, 0.2) is 18.7 Å². The molecule has 1 rings (SSSR count). The summed E-state index contributed by atoms with van der Waals surface area (Å²) in [5.74, 6) is -0.0649. The Morgan fingerprint density at radius 2 is 2.00 bits per heavy atom. The van der Waals surface area contributed by atoms with E-state index in [0.29, 0.717) is 13.0 Å². The Balaban J connectivity index is 0.00000289. The minimum Gasteiger partial charge on any atom is -1.00 e. The van der Waals surface area contributed by atoms with E-state index in [2.05, 4.69) is 17.1 Å². The lowest BCUT2D eigenvalue weighted by molar-refractivity contribution is -0.671. The lowest BCUT2D eigenvalue weighted by Crippen LogP contribution is -3.00. The van der Waals surface area contributed by atoms with Crippen molar-refractivity contribution in [2.24, 2.45) is 7.05 Å². The summed E-state index contributed by atoms with van der Waals surface area (Å²) in [6.45, 7) is 3.39. The topological polar surface area (TPSA) is 35.1 Å². The molecule has 18 heavy (non-hydrogen) atoms. The van der Waals surface area contributed by atoms with E-state index in [4.69, 9.17) is 4.74 Å². The van der Waals surface area contributed by atoms with Gasteiger partial charge in [0.15, 0.2) is 0 Å². The Morgan fingerprint density at radius 1 is 1.28 bits per heavy atom. The van der Waals surface area contributed by atoms with E-state index in [1.165, 1.54) is 6.42 Å². The molecule has 0 aliphatic heterocycles. The van der Waals surface area contributed by atoms with Crippen LogP contribution in [0.2, 0.25) is 0 Å². The van der Waals surface area contributed by atoms with Gasteiger partial charge in [0.05, 0.1) is 20.2 Å². The molecular formula is C13H23BrN2O2. The highest BCUT2D eigenvalue weighted by Crippen LogP contribution is 2.05. The van der Waals surface area contributed by atoms with E-state index >= 15 is 0 Å². The van der Waals surface area contributed by atoms with E-state index in [9.17, 15) is 4.79 Å². The summed E-state index contributed by atoms with van der Waals surface area (Å²) in [6, 6.07) is 0. The summed E-state index contributed by atoms with van der Waals surface area (Å²) in [5.41, 5.74) is 0. The molecule has 0 aliphatic rings. The molecule has 104 valence electrons. The molecule has 5 heteroatoms. The molecule has 1 aromatic rings. The van der Waals surface area contributed by atoms with Crippen LogP contribution in [0.4, 0.5) is 0 Å². The van der Waals surface area contributed by atoms with Crippen molar-refractivity contribution >= 4 is 5.97 Å². The van der Waals surface area contributed by atoms with Crippen molar-refractivity contribution in [2.45, 2.75) is 45.6 Å². The number of hydrogen-bond acceptors (Lipinski definition) is 2. The highest BCUT2D eigenvalue weighted by molar-refractivity contribution is 5.69. The van der Waals surface area contributed by atoms with Crippen LogP contribution in [-0.4, -0.2) is 17.1 Å². The van der Waals surface area contributed by atoms with Gasteiger partial charge in [-0.2, -0.15) is 0 Å². The minimum absolute atomic E-state index is 0. The van der Waals surface area contributed by atoms with Crippen LogP contribution in [0.3, 0.4) is 0 Å². The summed E-state index contributed by atoms with van der Waals surface area (Å²) in [5, 5.41) is 0. The summed E-state index contributed by atoms with van der Waals surface area (Å²) in [7, 11) is 2.02. The Kier molecular flexibility index (Phi) is 9.64. The van der Waals surface area contributed by atoms with Gasteiger partial charge in [-0.15, -0.1) is 0 Å². The molecule has 0 unspecified atom stereocenters. The van der Waals surface area contributed by atoms with Crippen molar-refractivity contribution in [1.29, 1.82) is 0 Å². The van der Waals surface area contributed by atoms with Gasteiger partial charge in [-0.05, 0) is 26.2 Å². The first-order valence-corrected chi connectivity index (χ1v) is 6.39. The molecule has 0 spiro atoms. The van der Waals surface area contributed by atoms with Gasteiger partial charge < -0.3 is 21.7 Å². The second kappa shape index (κ2) is 10.1. The van der Waals surface area contributed by atoms with Gasteiger partial charge in [0.2, 0.25) is 6.33 Å². The van der Waals surface area contributed by atoms with Crippen molar-refractivity contribution in [2.75, 3.05) is 6.61 Å². The molecule has 0 radical (unpaired) electrons. The van der Waals surface area contributed by atoms with Crippen molar-refractivity contribution in [3.05, 3.63) is 18.7 Å². The fourth-order valence-corrected chi connectivity index (χ4v) is 1.78. The first kappa shape index (κ1) is 17.2. The summed E-state index contributed by atoms with van der Waals surface area (Å²) in [6.07, 6.45) is 11.1. The Labute approximate surface area is 120 Å². The van der Waals surface area contributed by atoms with Gasteiger partial charge >= 0.3 is 5.97 Å². The van der Waals surface area contributed by atoms with Crippen LogP contribution < -0.4 is 21.5 Å². The smallest absolute Gasteiger partial charge is 0.305 e. The van der Waals surface area contributed by atoms with E-state index in [0.717, 1.165) is 25.8 Å². The fourth-order valence-electron chi connectivity index (χ4n) is 1.78. The Morgan fingerprint density at radius 3 is 2.61 bits per heavy atom. The molecule has 0 atom stereocenters. The SMILES string of the molecule is CCOC(=O)CCCCCCn1cc[n+](C)c1.[Br-]. The quantitative estimate of drug-likeness (QED) is 0.344. The number of esters is 1. The molecule has 0 bridgehead atoms. The normalized spacial score (nSPS) is 9.89. The van der Waals surface area contributed by atoms with Crippen molar-refractivity contribution in [1.82, 2.24) is 4.57 Å². The number of carbonyl (C=O) groups excluding carboxylic acids is 1. The third kappa shape index (κ3) is 7.48. The maximum Gasteiger partial charge on any atom is 0.305 e. The van der Waals surface area contributed by atoms with Gasteiger partial charge in [-0.25, -0.2) is 9.13 Å². The molecule has 0 aliphatic carbocycles. The largest absolute Gasteiger partial charge is 1.00 e. The second-order valence-electron chi connectivity index (χ2n) is 4.29. The molecule has 0 amide bonds. The zero-order valence-electron chi connectivity index (χ0n) is 11.3. The van der Waals surface area contributed by atoms with Gasteiger partial charge in [0.1, 0.15) is 12.4 Å². The minimum atomic E-state index is -0.0649. The van der Waals surface area contributed by atoms with E-state index in [-0.39, 0.29) is 23.0 Å². The van der Waals surface area contributed by atoms with Crippen molar-refractivity contribution in [3.8, 4) is 0 Å². The maximum atomic E-state index is 11.1. The van der Waals surface area contributed by atoms with Gasteiger partial charge in [-0.1, -0.05) is 6.42 Å². The first-order valence-electron chi connectivity index (χ1n) is 6.39. The first-order chi connectivity index (χ1) is 8.22. The third-order valence-electron chi connectivity index (χ3n) is 2.68. The average molecular weight is 319 g/mol. The number of hydrogen-bond donors (Lipinski definition) is 0. The molecule has 0 saturated carbocycles. The summed E-state index contributed by atoms with van der Waals surface area (Å²) >= 11 is 0. The number of aromatic nitrogens is 2. The van der Waals surface area contributed by atoms with Gasteiger partial charge in [0.25, 0.3) is 0 Å². The zero-order chi connectivity index (χ0) is 12.5. The lowest BCUT2D eigenvalue weighted by atomic mass is 10.1. The number of nitrogens with zero attached hydrogens (tertiary/aromatic N) is 2. The lowest BCUT2D eigenvalue weighted by Gasteiger charge is -2.01. The second-order valence-corrected chi connectivity index (χ2v) is 4.29. The summed E-state index contributed by atoms with van der Waals surface area (Å²) < 4.78 is 9.10. The van der Waals surface area contributed by atoms with Gasteiger partial charge in [-0.3, -0.25) is 4.79 Å². The van der Waals surface area contributed by atoms with Gasteiger partial charge in [0, 0.05) is 6.42 Å². The van der Waals surface area contributed by atoms with Crippen molar-refractivity contribution in [3.63, 3.8) is 0 Å². The summed E-state index contributed by atoms with van der Waals surface area (Å²) in [4.78, 5) is 11.1. The molecule has 0 N–H and O–H groups in total. The number of carbonyl (C=O) groups is 1. The number of rotatable bonds is 8. The number of ether oxygens (including phenoxy) is 1. The highest BCUT2D eigenvalue weighted by Gasteiger charge is 2.02. The van der Waals surface area contributed by atoms with Crippen LogP contribution in [0, 0.1) is 0 Å². The molecule has 1 heterocycles. The maximum absolute atomic E-state index is 11.1. The fraction of sp³-hybridized carbons (Fsp3) is 0.692. The molecular weight excluding hydrogens is 296 g/mol. The number of unbranched alkanes of at least 4 members (excludes halogenated alkanes) is 3. The average Bonchev–Trinajstić information content (AvgIpc) is 2.70. The monoisotopic (exact) mass is 318 g/mol. The van der Waals surface area contributed by atoms with E-state index in [1.807, 2.05) is 24.7 Å². The molecule has 1 aromatic heterocycles. The number of aryl methyl sites for hydroxylation is 2. The Hall–Kier alpha value is -0.840. The third-order valence-corrected chi connectivity index (χ3v) is 2.68. The predicted molar refractivity (Wildman–Crippen MR) is 65.3 cm³/mol. The van der Waals surface area contributed by atoms with Crippen LogP contribution in [0.5, 0.6) is 0 Å². The number of halogens is 1. The van der Waals surface area contributed by atoms with Crippen molar-refractivity contribution < 1.29 is 31.1 Å². The standard InChI is InChI=1S/C13H23N2O2.BrH/c1-3-17-13(16)8-6-4-5-7-9-15-11-10-14(2)12-15;/h10-12H,3-9H2,1-2H3;1H/q+1;/p-1. The van der Waals surface area contributed by atoms with Crippen LogP contribution >= 0.6 is 0 Å². The van der Waals surface area contributed by atoms with Crippen LogP contribution in [0.1, 0.15) is 39.0 Å². The molecule has 0 saturated heterocycles. The zero-order valence-corrected chi connectivity index (χ0v) is 12.9. The molecule has 4 nitrogen and oxygen atoms in total. The van der Waals surface area contributed by atoms with E-state index in [1.54, 1.807) is 0 Å². The van der Waals surface area contributed by atoms with E-state index < -0.39 is 0 Å². The molecule has 0 fully saturated rings. The van der Waals surface area contributed by atoms with Crippen LogP contribution in [0.25, 0.3) is 0 Å². The highest BCUT2D eigenvalue weighted by atomic mass is 79.9.